The van der Waals surface area contributed by atoms with E-state index in [0.29, 0.717) is 10.6 Å². The zero-order valence-electron chi connectivity index (χ0n) is 6.40. The molecule has 66 valence electrons. The third-order valence-corrected chi connectivity index (χ3v) is 2.22. The topological polar surface area (TPSA) is 85.4 Å². The summed E-state index contributed by atoms with van der Waals surface area (Å²) in [6.07, 6.45) is -0.895. The molecule has 0 aliphatic rings. The lowest BCUT2D eigenvalue weighted by Gasteiger charge is -1.90. The highest BCUT2D eigenvalue weighted by atomic mass is 32.1. The number of thiazole rings is 1. The molecule has 0 saturated carbocycles. The molecule has 0 bridgehead atoms. The highest BCUT2D eigenvalue weighted by molar-refractivity contribution is 7.13. The molecule has 1 rings (SSSR count). The number of aliphatic hydroxyl groups excluding tert-OH is 1. The fourth-order valence-corrected chi connectivity index (χ4v) is 1.45. The molecular formula is C6H8N2O3S. The van der Waals surface area contributed by atoms with Crippen molar-refractivity contribution in [1.29, 1.82) is 0 Å². The van der Waals surface area contributed by atoms with Crippen LogP contribution in [0, 0.1) is 6.92 Å². The van der Waals surface area contributed by atoms with E-state index in [1.807, 2.05) is 0 Å². The summed E-state index contributed by atoms with van der Waals surface area (Å²) in [5.74, 6) is 0. The fourth-order valence-electron chi connectivity index (χ4n) is 0.678. The average Bonchev–Trinajstić information content (AvgIpc) is 2.29. The van der Waals surface area contributed by atoms with Crippen molar-refractivity contribution in [2.75, 3.05) is 0 Å². The van der Waals surface area contributed by atoms with Gasteiger partial charge in [-0.15, -0.1) is 0 Å². The molecule has 1 aromatic rings. The predicted molar refractivity (Wildman–Crippen MR) is 43.0 cm³/mol. The summed E-state index contributed by atoms with van der Waals surface area (Å²) in [4.78, 5) is 14.8. The molecule has 0 saturated heterocycles. The second-order valence-corrected chi connectivity index (χ2v) is 3.11. The lowest BCUT2D eigenvalue weighted by molar-refractivity contribution is 0.210. The lowest BCUT2D eigenvalue weighted by Crippen LogP contribution is -2.15. The Morgan fingerprint density at radius 1 is 1.83 bits per heavy atom. The van der Waals surface area contributed by atoms with E-state index in [-0.39, 0.29) is 11.8 Å². The highest BCUT2D eigenvalue weighted by Gasteiger charge is 2.08. The highest BCUT2D eigenvalue weighted by Crippen LogP contribution is 2.24. The molecule has 6 heteroatoms. The lowest BCUT2D eigenvalue weighted by atomic mass is 10.4. The Hall–Kier alpha value is -1.14. The van der Waals surface area contributed by atoms with E-state index >= 15 is 0 Å². The molecule has 0 unspecified atom stereocenters. The number of carbonyl (C=O) groups excluding carboxylic acids is 1. The van der Waals surface area contributed by atoms with Crippen LogP contribution < -0.4 is 10.5 Å². The number of amides is 1. The molecule has 0 fully saturated rings. The minimum atomic E-state index is -0.895. The molecular weight excluding hydrogens is 180 g/mol. The van der Waals surface area contributed by atoms with Crippen molar-refractivity contribution < 1.29 is 14.6 Å². The Morgan fingerprint density at radius 3 is 2.92 bits per heavy atom. The number of nitrogens with two attached hydrogens (primary N) is 1. The standard InChI is InChI=1S/C6H8N2O3S/c1-3-4(2-9)12-6(8-3)11-5(7)10/h9H,2H2,1H3,(H2,7,10). The summed E-state index contributed by atoms with van der Waals surface area (Å²) in [7, 11) is 0. The molecule has 0 aromatic carbocycles. The summed E-state index contributed by atoms with van der Waals surface area (Å²) in [6.45, 7) is 1.61. The number of hydrogen-bond donors (Lipinski definition) is 2. The SMILES string of the molecule is Cc1nc(OC(N)=O)sc1CO. The van der Waals surface area contributed by atoms with Crippen LogP contribution in [0.15, 0.2) is 0 Å². The van der Waals surface area contributed by atoms with Gasteiger partial charge in [0.2, 0.25) is 0 Å². The monoisotopic (exact) mass is 188 g/mol. The smallest absolute Gasteiger partial charge is 0.391 e. The molecule has 0 radical (unpaired) electrons. The minimum absolute atomic E-state index is 0.106. The van der Waals surface area contributed by atoms with Gasteiger partial charge in [0.1, 0.15) is 0 Å². The molecule has 0 aliphatic carbocycles. The normalized spacial score (nSPS) is 9.83. The number of aryl methyl sites for hydroxylation is 1. The molecule has 0 aliphatic heterocycles. The third kappa shape index (κ3) is 1.93. The Morgan fingerprint density at radius 2 is 2.50 bits per heavy atom. The number of nitrogens with zero attached hydrogens (tertiary/aromatic N) is 1. The van der Waals surface area contributed by atoms with Crippen molar-refractivity contribution in [3.05, 3.63) is 10.6 Å². The first-order valence-corrected chi connectivity index (χ1v) is 3.99. The van der Waals surface area contributed by atoms with E-state index in [4.69, 9.17) is 10.8 Å². The maximum absolute atomic E-state index is 10.3. The number of hydrogen-bond acceptors (Lipinski definition) is 5. The zero-order chi connectivity index (χ0) is 9.14. The fraction of sp³-hybridized carbons (Fsp3) is 0.333. The van der Waals surface area contributed by atoms with Crippen LogP contribution in [0.5, 0.6) is 5.19 Å². The van der Waals surface area contributed by atoms with E-state index in [0.717, 1.165) is 11.3 Å². The van der Waals surface area contributed by atoms with Crippen molar-refractivity contribution >= 4 is 17.4 Å². The number of aromatic nitrogens is 1. The first-order valence-electron chi connectivity index (χ1n) is 3.18. The summed E-state index contributed by atoms with van der Waals surface area (Å²) < 4.78 is 4.51. The maximum Gasteiger partial charge on any atom is 0.411 e. The molecule has 12 heavy (non-hydrogen) atoms. The van der Waals surface area contributed by atoms with Crippen molar-refractivity contribution in [2.24, 2.45) is 5.73 Å². The van der Waals surface area contributed by atoms with Gasteiger partial charge in [0.25, 0.3) is 5.19 Å². The molecule has 0 atom stereocenters. The Kier molecular flexibility index (Phi) is 2.61. The first kappa shape index (κ1) is 8.95. The van der Waals surface area contributed by atoms with Crippen LogP contribution in [-0.4, -0.2) is 16.2 Å². The van der Waals surface area contributed by atoms with Gasteiger partial charge in [0.05, 0.1) is 17.2 Å². The number of aliphatic hydroxyl groups is 1. The number of rotatable bonds is 2. The quantitative estimate of drug-likeness (QED) is 0.703. The van der Waals surface area contributed by atoms with Crippen molar-refractivity contribution in [3.63, 3.8) is 0 Å². The van der Waals surface area contributed by atoms with Crippen LogP contribution in [0.4, 0.5) is 4.79 Å². The minimum Gasteiger partial charge on any atom is -0.391 e. The molecule has 1 aromatic heterocycles. The molecule has 0 spiro atoms. The van der Waals surface area contributed by atoms with E-state index in [1.165, 1.54) is 0 Å². The molecule has 3 N–H and O–H groups in total. The van der Waals surface area contributed by atoms with Gasteiger partial charge in [-0.1, -0.05) is 11.3 Å². The summed E-state index contributed by atoms with van der Waals surface area (Å²) >= 11 is 1.10. The zero-order valence-corrected chi connectivity index (χ0v) is 7.22. The van der Waals surface area contributed by atoms with Crippen LogP contribution in [-0.2, 0) is 6.61 Å². The summed E-state index contributed by atoms with van der Waals surface area (Å²) in [6, 6.07) is 0. The predicted octanol–water partition coefficient (Wildman–Crippen LogP) is 0.401. The van der Waals surface area contributed by atoms with Crippen LogP contribution in [0.2, 0.25) is 0 Å². The first-order chi connectivity index (χ1) is 5.63. The molecule has 5 nitrogen and oxygen atoms in total. The van der Waals surface area contributed by atoms with Crippen molar-refractivity contribution in [1.82, 2.24) is 4.98 Å². The van der Waals surface area contributed by atoms with Crippen LogP contribution in [0.3, 0.4) is 0 Å². The second kappa shape index (κ2) is 3.51. The Bertz CT molecular complexity index is 297. The van der Waals surface area contributed by atoms with Crippen molar-refractivity contribution in [2.45, 2.75) is 13.5 Å². The number of carbonyl (C=O) groups is 1. The summed E-state index contributed by atoms with van der Waals surface area (Å²) in [5.41, 5.74) is 5.42. The van der Waals surface area contributed by atoms with Crippen LogP contribution in [0.1, 0.15) is 10.6 Å². The largest absolute Gasteiger partial charge is 0.411 e. The van der Waals surface area contributed by atoms with Gasteiger partial charge in [-0.25, -0.2) is 9.78 Å². The third-order valence-electron chi connectivity index (χ3n) is 1.20. The van der Waals surface area contributed by atoms with E-state index in [1.54, 1.807) is 6.92 Å². The van der Waals surface area contributed by atoms with Gasteiger partial charge in [0, 0.05) is 0 Å². The Labute approximate surface area is 72.8 Å². The van der Waals surface area contributed by atoms with Gasteiger partial charge < -0.3 is 15.6 Å². The van der Waals surface area contributed by atoms with E-state index in [9.17, 15) is 4.79 Å². The number of primary amides is 1. The van der Waals surface area contributed by atoms with E-state index < -0.39 is 6.09 Å². The average molecular weight is 188 g/mol. The maximum atomic E-state index is 10.3. The van der Waals surface area contributed by atoms with Gasteiger partial charge >= 0.3 is 6.09 Å². The van der Waals surface area contributed by atoms with E-state index in [2.05, 4.69) is 9.72 Å². The second-order valence-electron chi connectivity index (χ2n) is 2.07. The van der Waals surface area contributed by atoms with Gasteiger partial charge in [-0.3, -0.25) is 0 Å². The van der Waals surface area contributed by atoms with Crippen LogP contribution in [0.25, 0.3) is 0 Å². The summed E-state index contributed by atoms with van der Waals surface area (Å²) in [5, 5.41) is 8.93. The van der Waals surface area contributed by atoms with Crippen LogP contribution >= 0.6 is 11.3 Å². The van der Waals surface area contributed by atoms with Gasteiger partial charge in [-0.2, -0.15) is 0 Å². The number of ether oxygens (including phenoxy) is 1. The van der Waals surface area contributed by atoms with Gasteiger partial charge in [0.15, 0.2) is 0 Å². The van der Waals surface area contributed by atoms with Crippen molar-refractivity contribution in [3.8, 4) is 5.19 Å². The van der Waals surface area contributed by atoms with Gasteiger partial charge in [-0.05, 0) is 6.92 Å². The molecule has 1 amide bonds. The molecule has 1 heterocycles. The Balaban J connectivity index is 2.82.